The van der Waals surface area contributed by atoms with Gasteiger partial charge in [-0.25, -0.2) is 8.42 Å². The number of anilines is 2. The highest BCUT2D eigenvalue weighted by Crippen LogP contribution is 2.30. The second-order valence-corrected chi connectivity index (χ2v) is 9.43. The molecule has 28 heavy (non-hydrogen) atoms. The van der Waals surface area contributed by atoms with Gasteiger partial charge in [-0.1, -0.05) is 12.1 Å². The van der Waals surface area contributed by atoms with Crippen LogP contribution in [-0.2, 0) is 27.7 Å². The quantitative estimate of drug-likeness (QED) is 0.840. The Bertz CT molecular complexity index is 1010. The molecular formula is C22H26N2O3S. The molecule has 1 saturated heterocycles. The molecule has 0 radical (unpaired) electrons. The Morgan fingerprint density at radius 2 is 1.64 bits per heavy atom. The van der Waals surface area contributed by atoms with Crippen molar-refractivity contribution in [1.29, 1.82) is 0 Å². The number of rotatable bonds is 4. The van der Waals surface area contributed by atoms with Crippen LogP contribution in [0.4, 0.5) is 11.4 Å². The van der Waals surface area contributed by atoms with E-state index in [1.807, 2.05) is 19.1 Å². The van der Waals surface area contributed by atoms with Gasteiger partial charge in [0, 0.05) is 18.7 Å². The Morgan fingerprint density at radius 1 is 0.893 bits per heavy atom. The maximum absolute atomic E-state index is 12.9. The van der Waals surface area contributed by atoms with Crippen molar-refractivity contribution in [2.75, 3.05) is 16.2 Å². The van der Waals surface area contributed by atoms with E-state index in [1.165, 1.54) is 12.0 Å². The molecule has 0 unspecified atom stereocenters. The predicted octanol–water partition coefficient (Wildman–Crippen LogP) is 4.19. The second-order valence-electron chi connectivity index (χ2n) is 7.75. The van der Waals surface area contributed by atoms with Crippen LogP contribution in [0.1, 0.15) is 48.8 Å². The second kappa shape index (κ2) is 7.59. The number of amides is 1. The summed E-state index contributed by atoms with van der Waals surface area (Å²) in [7, 11) is -3.67. The standard InChI is InChI=1S/C22H26N2O3S/c1-16-9-11-19(15-21(16)24-13-5-4-8-22(24)25)23-28(26,27)20-12-10-17-6-2-3-7-18(17)14-20/h9-12,14-15,23H,2-8,13H2,1H3. The zero-order valence-corrected chi connectivity index (χ0v) is 17.0. The minimum absolute atomic E-state index is 0.101. The summed E-state index contributed by atoms with van der Waals surface area (Å²) in [6.45, 7) is 2.62. The predicted molar refractivity (Wildman–Crippen MR) is 111 cm³/mol. The third kappa shape index (κ3) is 3.78. The molecule has 2 aromatic rings. The first-order chi connectivity index (χ1) is 13.4. The molecule has 2 aromatic carbocycles. The van der Waals surface area contributed by atoms with Crippen molar-refractivity contribution in [2.24, 2.45) is 0 Å². The summed E-state index contributed by atoms with van der Waals surface area (Å²) >= 11 is 0. The molecule has 1 aliphatic carbocycles. The number of sulfonamides is 1. The van der Waals surface area contributed by atoms with E-state index in [2.05, 4.69) is 4.72 Å². The molecule has 0 atom stereocenters. The largest absolute Gasteiger partial charge is 0.312 e. The van der Waals surface area contributed by atoms with Crippen LogP contribution in [0.5, 0.6) is 0 Å². The van der Waals surface area contributed by atoms with Crippen LogP contribution in [0.15, 0.2) is 41.3 Å². The molecule has 0 aromatic heterocycles. The van der Waals surface area contributed by atoms with Crippen LogP contribution in [0.3, 0.4) is 0 Å². The smallest absolute Gasteiger partial charge is 0.261 e. The van der Waals surface area contributed by atoms with E-state index in [9.17, 15) is 13.2 Å². The first-order valence-corrected chi connectivity index (χ1v) is 11.5. The van der Waals surface area contributed by atoms with Crippen LogP contribution in [0.2, 0.25) is 0 Å². The molecule has 5 nitrogen and oxygen atoms in total. The fraction of sp³-hybridized carbons (Fsp3) is 0.409. The molecule has 6 heteroatoms. The monoisotopic (exact) mass is 398 g/mol. The molecule has 4 rings (SSSR count). The number of carbonyl (C=O) groups excluding carboxylic acids is 1. The number of nitrogens with one attached hydrogen (secondary N) is 1. The highest BCUT2D eigenvalue weighted by Gasteiger charge is 2.23. The van der Waals surface area contributed by atoms with E-state index in [0.717, 1.165) is 48.9 Å². The molecule has 148 valence electrons. The number of benzene rings is 2. The fourth-order valence-electron chi connectivity index (χ4n) is 4.12. The van der Waals surface area contributed by atoms with Crippen molar-refractivity contribution < 1.29 is 13.2 Å². The van der Waals surface area contributed by atoms with E-state index in [0.29, 0.717) is 23.5 Å². The number of nitrogens with zero attached hydrogens (tertiary/aromatic N) is 1. The van der Waals surface area contributed by atoms with Crippen LogP contribution >= 0.6 is 0 Å². The lowest BCUT2D eigenvalue weighted by molar-refractivity contribution is -0.119. The van der Waals surface area contributed by atoms with Gasteiger partial charge < -0.3 is 4.90 Å². The molecule has 1 fully saturated rings. The van der Waals surface area contributed by atoms with Gasteiger partial charge in [0.1, 0.15) is 0 Å². The van der Waals surface area contributed by atoms with Crippen molar-refractivity contribution >= 4 is 27.3 Å². The normalized spacial score (nSPS) is 17.3. The van der Waals surface area contributed by atoms with Crippen molar-refractivity contribution in [3.63, 3.8) is 0 Å². The Kier molecular flexibility index (Phi) is 5.15. The molecule has 2 aliphatic rings. The van der Waals surface area contributed by atoms with Gasteiger partial charge in [0.05, 0.1) is 10.6 Å². The molecule has 1 aliphatic heterocycles. The highest BCUT2D eigenvalue weighted by molar-refractivity contribution is 7.92. The van der Waals surface area contributed by atoms with E-state index in [-0.39, 0.29) is 5.91 Å². The molecule has 1 heterocycles. The summed E-state index contributed by atoms with van der Waals surface area (Å²) in [5.74, 6) is 0.101. The van der Waals surface area contributed by atoms with E-state index >= 15 is 0 Å². The number of carbonyl (C=O) groups is 1. The number of hydrogen-bond acceptors (Lipinski definition) is 3. The zero-order valence-electron chi connectivity index (χ0n) is 16.2. The average Bonchev–Trinajstić information content (AvgIpc) is 2.69. The average molecular weight is 399 g/mol. The van der Waals surface area contributed by atoms with E-state index < -0.39 is 10.0 Å². The molecule has 0 saturated carbocycles. The van der Waals surface area contributed by atoms with Crippen LogP contribution in [-0.4, -0.2) is 20.9 Å². The van der Waals surface area contributed by atoms with Crippen molar-refractivity contribution in [1.82, 2.24) is 0 Å². The molecule has 1 N–H and O–H groups in total. The lowest BCUT2D eigenvalue weighted by Gasteiger charge is -2.28. The summed E-state index contributed by atoms with van der Waals surface area (Å²) in [6, 6.07) is 10.8. The Labute approximate surface area is 166 Å². The van der Waals surface area contributed by atoms with Crippen molar-refractivity contribution in [3.05, 3.63) is 53.1 Å². The van der Waals surface area contributed by atoms with Crippen LogP contribution in [0, 0.1) is 6.92 Å². The number of hydrogen-bond donors (Lipinski definition) is 1. The van der Waals surface area contributed by atoms with E-state index in [4.69, 9.17) is 0 Å². The summed E-state index contributed by atoms with van der Waals surface area (Å²) in [5.41, 5.74) is 4.63. The summed E-state index contributed by atoms with van der Waals surface area (Å²) < 4.78 is 28.6. The maximum atomic E-state index is 12.9. The molecule has 0 spiro atoms. The maximum Gasteiger partial charge on any atom is 0.261 e. The third-order valence-corrected chi connectivity index (χ3v) is 7.08. The van der Waals surface area contributed by atoms with Gasteiger partial charge in [0.25, 0.3) is 10.0 Å². The van der Waals surface area contributed by atoms with Gasteiger partial charge >= 0.3 is 0 Å². The lowest BCUT2D eigenvalue weighted by atomic mass is 9.92. The van der Waals surface area contributed by atoms with Gasteiger partial charge in [-0.3, -0.25) is 9.52 Å². The van der Waals surface area contributed by atoms with Gasteiger partial charge in [0.15, 0.2) is 0 Å². The lowest BCUT2D eigenvalue weighted by Crippen LogP contribution is -2.35. The Balaban J connectivity index is 1.61. The topological polar surface area (TPSA) is 66.5 Å². The summed E-state index contributed by atoms with van der Waals surface area (Å²) in [6.07, 6.45) is 6.66. The van der Waals surface area contributed by atoms with Crippen molar-refractivity contribution in [3.8, 4) is 0 Å². The van der Waals surface area contributed by atoms with Crippen LogP contribution in [0.25, 0.3) is 0 Å². The zero-order chi connectivity index (χ0) is 19.7. The number of piperidine rings is 1. The first-order valence-electron chi connectivity index (χ1n) is 10.00. The molecule has 0 bridgehead atoms. The van der Waals surface area contributed by atoms with Gasteiger partial charge in [0.2, 0.25) is 5.91 Å². The molecular weight excluding hydrogens is 372 g/mol. The first kappa shape index (κ1) is 19.0. The summed E-state index contributed by atoms with van der Waals surface area (Å²) in [5, 5.41) is 0. The fourth-order valence-corrected chi connectivity index (χ4v) is 5.22. The molecule has 1 amide bonds. The highest BCUT2D eigenvalue weighted by atomic mass is 32.2. The third-order valence-electron chi connectivity index (χ3n) is 5.71. The Hall–Kier alpha value is -2.34. The van der Waals surface area contributed by atoms with Gasteiger partial charge in [-0.05, 0) is 86.4 Å². The van der Waals surface area contributed by atoms with Crippen molar-refractivity contribution in [2.45, 2.75) is 56.8 Å². The number of aryl methyl sites for hydroxylation is 3. The van der Waals surface area contributed by atoms with Gasteiger partial charge in [-0.15, -0.1) is 0 Å². The summed E-state index contributed by atoms with van der Waals surface area (Å²) in [4.78, 5) is 14.4. The number of fused-ring (bicyclic) bond motifs is 1. The minimum atomic E-state index is -3.67. The SMILES string of the molecule is Cc1ccc(NS(=O)(=O)c2ccc3c(c2)CCCC3)cc1N1CCCCC1=O. The van der Waals surface area contributed by atoms with E-state index in [1.54, 1.807) is 29.2 Å². The van der Waals surface area contributed by atoms with Gasteiger partial charge in [-0.2, -0.15) is 0 Å². The van der Waals surface area contributed by atoms with Crippen LogP contribution < -0.4 is 9.62 Å². The minimum Gasteiger partial charge on any atom is -0.312 e. The Morgan fingerprint density at radius 3 is 2.43 bits per heavy atom.